The number of carbonyl (C=O) groups excluding carboxylic acids is 12. The molecule has 0 saturated carbocycles. The molecule has 99 heavy (non-hydrogen) atoms. The van der Waals surface area contributed by atoms with Gasteiger partial charge in [0.1, 0.15) is 72.2 Å². The number of aliphatic hydroxyl groups excluding tert-OH is 1. The molecule has 1 aromatic rings. The summed E-state index contributed by atoms with van der Waals surface area (Å²) in [6.07, 6.45) is -8.05. The van der Waals surface area contributed by atoms with Gasteiger partial charge in [0.05, 0.1) is 31.4 Å². The maximum absolute atomic E-state index is 14.0. The average molecular weight is 1430 g/mol. The molecular formula is C58H90N16O24S. The molecule has 40 nitrogen and oxygen atoms in total. The Kier molecular flexibility index (Phi) is 37.6. The predicted molar refractivity (Wildman–Crippen MR) is 346 cm³/mol. The summed E-state index contributed by atoms with van der Waals surface area (Å²) in [6.45, 7) is 8.04. The largest absolute Gasteiger partial charge is 0.508 e. The van der Waals surface area contributed by atoms with E-state index in [0.717, 1.165) is 13.8 Å². The van der Waals surface area contributed by atoms with Gasteiger partial charge in [0.15, 0.2) is 5.96 Å². The minimum absolute atomic E-state index is 0.0128. The van der Waals surface area contributed by atoms with Crippen LogP contribution < -0.4 is 81.4 Å². The number of aliphatic carboxylic acids is 5. The van der Waals surface area contributed by atoms with Gasteiger partial charge in [-0.1, -0.05) is 46.2 Å². The summed E-state index contributed by atoms with van der Waals surface area (Å²) >= 11 is 4.07. The molecule has 0 bridgehead atoms. The van der Waals surface area contributed by atoms with Crippen molar-refractivity contribution < 1.29 is 117 Å². The third kappa shape index (κ3) is 32.4. The lowest BCUT2D eigenvalue weighted by atomic mass is 9.96. The zero-order valence-corrected chi connectivity index (χ0v) is 55.8. The monoisotopic (exact) mass is 1430 g/mol. The lowest BCUT2D eigenvalue weighted by Crippen LogP contribution is -2.63. The number of aromatic hydroxyl groups is 1. The summed E-state index contributed by atoms with van der Waals surface area (Å²) in [6, 6.07) is -16.0. The van der Waals surface area contributed by atoms with Gasteiger partial charge in [-0.3, -0.25) is 81.7 Å². The Hall–Kier alpha value is -10.5. The molecule has 0 radical (unpaired) electrons. The minimum atomic E-state index is -2.11. The second-order valence-electron chi connectivity index (χ2n) is 23.2. The Morgan fingerprint density at radius 1 is 0.465 bits per heavy atom. The van der Waals surface area contributed by atoms with E-state index in [1.54, 1.807) is 6.92 Å². The van der Waals surface area contributed by atoms with Crippen molar-refractivity contribution in [3.63, 3.8) is 0 Å². The van der Waals surface area contributed by atoms with Gasteiger partial charge in [0.25, 0.3) is 0 Å². The summed E-state index contributed by atoms with van der Waals surface area (Å²) in [5.74, 6) is -25.3. The minimum Gasteiger partial charge on any atom is -0.508 e. The summed E-state index contributed by atoms with van der Waals surface area (Å²) < 4.78 is 0. The summed E-state index contributed by atoms with van der Waals surface area (Å²) in [5, 5.41) is 92.8. The van der Waals surface area contributed by atoms with Crippen LogP contribution in [0, 0.1) is 11.8 Å². The highest BCUT2D eigenvalue weighted by Gasteiger charge is 2.39. The number of nitrogens with two attached hydrogens (primary N) is 4. The van der Waals surface area contributed by atoms with Crippen molar-refractivity contribution in [1.29, 1.82) is 0 Å². The van der Waals surface area contributed by atoms with E-state index in [9.17, 15) is 117 Å². The Labute approximate surface area is 571 Å². The zero-order chi connectivity index (χ0) is 75.7. The second kappa shape index (κ2) is 43.0. The molecule has 0 aromatic heterocycles. The van der Waals surface area contributed by atoms with Gasteiger partial charge in [-0.2, -0.15) is 12.6 Å². The fourth-order valence-corrected chi connectivity index (χ4v) is 9.11. The third-order valence-corrected chi connectivity index (χ3v) is 15.0. The molecule has 41 heteroatoms. The molecular weight excluding hydrogens is 1340 g/mol. The first-order chi connectivity index (χ1) is 46.1. The SMILES string of the molecule is CC[C@H](C)[C@H](NC(=O)[C@H](CC(=O)O)NC(=O)[C@H](CS)NC(=O)[C@H](CCC(=O)O)NC(=O)[C@H](CC(N)=O)NC(=O)[C@@H](NC(=O)[C@H](C)NC(=O)[C@H](CC(=O)O)NC(=O)[C@@H](N)CCCN=C(N)N)C(C)C)C(=O)N[C@H](C(=O)N[C@@H](CCC(=O)O)C(=O)N[C@@H](Cc1ccc(O)cc1)C(=O)O)[C@@H](C)O. The molecule has 0 spiro atoms. The van der Waals surface area contributed by atoms with Crippen LogP contribution in [-0.2, 0) is 87.9 Å². The highest BCUT2D eigenvalue weighted by molar-refractivity contribution is 7.80. The first-order valence-corrected chi connectivity index (χ1v) is 31.4. The van der Waals surface area contributed by atoms with Gasteiger partial charge in [-0.15, -0.1) is 0 Å². The number of hydrogen-bond acceptors (Lipinski definition) is 22. The number of benzene rings is 1. The van der Waals surface area contributed by atoms with E-state index in [4.69, 9.17) is 22.9 Å². The highest BCUT2D eigenvalue weighted by atomic mass is 32.1. The summed E-state index contributed by atoms with van der Waals surface area (Å²) in [5.41, 5.74) is 22.2. The summed E-state index contributed by atoms with van der Waals surface area (Å²) in [7, 11) is 0. The first kappa shape index (κ1) is 86.6. The molecule has 0 aliphatic heterocycles. The number of thiol groups is 1. The average Bonchev–Trinajstić information content (AvgIpc) is 0.862. The smallest absolute Gasteiger partial charge is 0.326 e. The molecule has 12 amide bonds. The Morgan fingerprint density at radius 3 is 1.31 bits per heavy atom. The van der Waals surface area contributed by atoms with Crippen molar-refractivity contribution in [1.82, 2.24) is 58.5 Å². The van der Waals surface area contributed by atoms with Crippen LogP contribution in [0.15, 0.2) is 29.3 Å². The number of amides is 12. The maximum Gasteiger partial charge on any atom is 0.326 e. The number of phenols is 1. The lowest BCUT2D eigenvalue weighted by molar-refractivity contribution is -0.143. The van der Waals surface area contributed by atoms with Crippen LogP contribution in [0.2, 0.25) is 0 Å². The molecule has 0 unspecified atom stereocenters. The van der Waals surface area contributed by atoms with Crippen molar-refractivity contribution in [2.24, 2.45) is 39.8 Å². The van der Waals surface area contributed by atoms with Crippen LogP contribution >= 0.6 is 12.6 Å². The Balaban J connectivity index is 3.43. The quantitative estimate of drug-likeness (QED) is 0.0125. The van der Waals surface area contributed by atoms with Crippen LogP contribution in [0.1, 0.15) is 111 Å². The number of aliphatic hydroxyl groups is 1. The Morgan fingerprint density at radius 2 is 0.859 bits per heavy atom. The number of aliphatic imine (C=N–C) groups is 1. The second-order valence-corrected chi connectivity index (χ2v) is 23.5. The number of nitrogens with zero attached hydrogens (tertiary/aromatic N) is 1. The molecule has 1 aromatic carbocycles. The molecule has 552 valence electrons. The van der Waals surface area contributed by atoms with Crippen molar-refractivity contribution in [2.75, 3.05) is 12.3 Å². The number of carboxylic acid groups (broad SMARTS) is 5. The number of primary amides is 1. The first-order valence-electron chi connectivity index (χ1n) is 30.7. The normalized spacial score (nSPS) is 15.2. The summed E-state index contributed by atoms with van der Waals surface area (Å²) in [4.78, 5) is 226. The lowest BCUT2D eigenvalue weighted by Gasteiger charge is -2.30. The number of guanidine groups is 1. The van der Waals surface area contributed by atoms with Crippen molar-refractivity contribution in [3.05, 3.63) is 29.8 Å². The number of carboxylic acids is 5. The van der Waals surface area contributed by atoms with Crippen LogP contribution in [0.5, 0.6) is 5.75 Å². The van der Waals surface area contributed by atoms with Crippen molar-refractivity contribution >= 4 is 119 Å². The fourth-order valence-electron chi connectivity index (χ4n) is 8.85. The van der Waals surface area contributed by atoms with E-state index in [1.165, 1.54) is 45.0 Å². The molecule has 0 fully saturated rings. The molecule has 26 N–H and O–H groups in total. The van der Waals surface area contributed by atoms with Crippen molar-refractivity contribution in [3.8, 4) is 5.75 Å². The van der Waals surface area contributed by atoms with Gasteiger partial charge >= 0.3 is 29.8 Å². The van der Waals surface area contributed by atoms with Crippen LogP contribution in [0.3, 0.4) is 0 Å². The van der Waals surface area contributed by atoms with E-state index in [-0.39, 0.29) is 43.9 Å². The number of phenolic OH excluding ortho intramolecular Hbond substituents is 1. The van der Waals surface area contributed by atoms with E-state index in [2.05, 4.69) is 76.1 Å². The van der Waals surface area contributed by atoms with Gasteiger partial charge in [0.2, 0.25) is 70.9 Å². The van der Waals surface area contributed by atoms with Crippen LogP contribution in [-0.4, -0.2) is 233 Å². The predicted octanol–water partition coefficient (Wildman–Crippen LogP) is -7.68. The molecule has 0 aliphatic carbocycles. The number of carbonyl (C=O) groups is 17. The number of rotatable bonds is 46. The van der Waals surface area contributed by atoms with E-state index in [1.807, 2.05) is 0 Å². The fraction of sp³-hybridized carbons (Fsp3) is 0.586. The number of nitrogens with one attached hydrogen (secondary N) is 11. The van der Waals surface area contributed by atoms with Gasteiger partial charge in [0, 0.05) is 31.6 Å². The van der Waals surface area contributed by atoms with Crippen molar-refractivity contribution in [2.45, 2.75) is 191 Å². The standard InChI is InChI=1S/C58H90N16O24S/c1-7-25(4)44(55(95)74-45(27(6)75)56(96)66-32(15-17-40(80)81)48(88)70-36(57(97)98)19-28-10-12-29(76)13-11-28)73-52(92)35(22-42(84)85)68-53(93)37(23-99)71-49(89)31(14-16-39(78)79)65-51(91)33(20-38(60)77)69-54(94)43(24(2)3)72-46(86)26(5)64-50(90)34(21-41(82)83)67-47(87)30(59)9-8-18-63-58(61)62/h10-13,24-27,30-37,43-45,75-76,99H,7-9,14-23,59H2,1-6H3,(H2,60,77)(H,64,90)(H,65,91)(H,66,96)(H,67,87)(H,68,93)(H,69,94)(H,70,88)(H,71,89)(H,72,86)(H,73,92)(H,74,95)(H,78,79)(H,80,81)(H,82,83)(H,84,85)(H,97,98)(H4,61,62,63)/t25-,26-,27+,30-,31-,32-,33-,34-,35-,36-,37-,43-,44-,45-/m0/s1. The zero-order valence-electron chi connectivity index (χ0n) is 54.9. The van der Waals surface area contributed by atoms with Gasteiger partial charge in [-0.25, -0.2) is 4.79 Å². The maximum atomic E-state index is 14.0. The third-order valence-electron chi connectivity index (χ3n) is 14.6. The molecule has 0 heterocycles. The van der Waals surface area contributed by atoms with E-state index < -0.39 is 242 Å². The van der Waals surface area contributed by atoms with Crippen LogP contribution in [0.25, 0.3) is 0 Å². The highest BCUT2D eigenvalue weighted by Crippen LogP contribution is 2.15. The van der Waals surface area contributed by atoms with Gasteiger partial charge < -0.3 is 117 Å². The molecule has 14 atom stereocenters. The van der Waals surface area contributed by atoms with Crippen LogP contribution in [0.4, 0.5) is 0 Å². The molecule has 0 aliphatic rings. The van der Waals surface area contributed by atoms with E-state index in [0.29, 0.717) is 5.56 Å². The number of hydrogen-bond donors (Lipinski definition) is 23. The Bertz CT molecular complexity index is 3100. The molecule has 1 rings (SSSR count). The molecule has 0 saturated heterocycles. The van der Waals surface area contributed by atoms with Gasteiger partial charge in [-0.05, 0) is 69.1 Å². The van der Waals surface area contributed by atoms with E-state index >= 15 is 0 Å². The topological polar surface area (TPSA) is 681 Å².